The van der Waals surface area contributed by atoms with Gasteiger partial charge in [-0.25, -0.2) is 0 Å². The average Bonchev–Trinajstić information content (AvgIpc) is 2.62. The van der Waals surface area contributed by atoms with E-state index in [1.165, 1.54) is 0 Å². The van der Waals surface area contributed by atoms with Crippen molar-refractivity contribution in [3.63, 3.8) is 0 Å². The van der Waals surface area contributed by atoms with Crippen LogP contribution in [0, 0.1) is 6.92 Å². The first-order valence-electron chi connectivity index (χ1n) is 8.44. The third kappa shape index (κ3) is 6.12. The lowest BCUT2D eigenvalue weighted by Crippen LogP contribution is -2.30. The first-order chi connectivity index (χ1) is 12.1. The molecular formula is C20H25NO4. The fourth-order valence-corrected chi connectivity index (χ4v) is 2.17. The molecule has 0 saturated heterocycles. The zero-order valence-corrected chi connectivity index (χ0v) is 15.0. The van der Waals surface area contributed by atoms with E-state index in [0.717, 1.165) is 11.3 Å². The lowest BCUT2D eigenvalue weighted by molar-refractivity contribution is -0.122. The summed E-state index contributed by atoms with van der Waals surface area (Å²) in [6, 6.07) is 14.9. The number of carbonyl (C=O) groups excluding carboxylic acids is 1. The molecule has 5 nitrogen and oxygen atoms in total. The summed E-state index contributed by atoms with van der Waals surface area (Å²) in [7, 11) is 0. The Bertz CT molecular complexity index is 670. The molecule has 0 spiro atoms. The molecule has 1 unspecified atom stereocenters. The van der Waals surface area contributed by atoms with Crippen molar-refractivity contribution >= 4 is 11.6 Å². The van der Waals surface area contributed by atoms with Crippen LogP contribution in [0.5, 0.6) is 11.5 Å². The van der Waals surface area contributed by atoms with Gasteiger partial charge < -0.3 is 19.5 Å². The highest BCUT2D eigenvalue weighted by Crippen LogP contribution is 2.19. The molecule has 0 aliphatic heterocycles. The molecule has 0 aromatic heterocycles. The predicted molar refractivity (Wildman–Crippen MR) is 98.3 cm³/mol. The van der Waals surface area contributed by atoms with E-state index in [1.807, 2.05) is 50.2 Å². The maximum Gasteiger partial charge on any atom is 0.265 e. The molecule has 5 heteroatoms. The van der Waals surface area contributed by atoms with Crippen molar-refractivity contribution in [2.45, 2.75) is 26.9 Å². The molecule has 0 saturated carbocycles. The van der Waals surface area contributed by atoms with Crippen molar-refractivity contribution in [3.05, 3.63) is 54.1 Å². The summed E-state index contributed by atoms with van der Waals surface area (Å²) in [6.07, 6.45) is -0.594. The van der Waals surface area contributed by atoms with Crippen LogP contribution >= 0.6 is 0 Å². The second-order valence-corrected chi connectivity index (χ2v) is 5.58. The van der Waals surface area contributed by atoms with Gasteiger partial charge in [-0.2, -0.15) is 0 Å². The number of rotatable bonds is 9. The van der Waals surface area contributed by atoms with Crippen LogP contribution in [0.15, 0.2) is 48.5 Å². The average molecular weight is 343 g/mol. The summed E-state index contributed by atoms with van der Waals surface area (Å²) in [5.74, 6) is 1.25. The second kappa shape index (κ2) is 9.69. The Labute approximate surface area is 148 Å². The Morgan fingerprint density at radius 2 is 1.80 bits per heavy atom. The smallest absolute Gasteiger partial charge is 0.265 e. The summed E-state index contributed by atoms with van der Waals surface area (Å²) < 4.78 is 16.5. The minimum Gasteiger partial charge on any atom is -0.491 e. The lowest BCUT2D eigenvalue weighted by atomic mass is 10.2. The fourth-order valence-electron chi connectivity index (χ4n) is 2.17. The van der Waals surface area contributed by atoms with Gasteiger partial charge in [0.25, 0.3) is 5.91 Å². The standard InChI is InChI=1S/C20H25NO4/c1-4-23-13-14-24-18-11-9-17(10-12-18)21-20(22)16(3)25-19-8-6-5-7-15(19)2/h5-12,16H,4,13-14H2,1-3H3,(H,21,22). The van der Waals surface area contributed by atoms with Gasteiger partial charge in [-0.3, -0.25) is 4.79 Å². The number of hydrogen-bond acceptors (Lipinski definition) is 4. The van der Waals surface area contributed by atoms with Crippen molar-refractivity contribution in [1.82, 2.24) is 0 Å². The van der Waals surface area contributed by atoms with Crippen molar-refractivity contribution in [2.75, 3.05) is 25.1 Å². The van der Waals surface area contributed by atoms with E-state index in [2.05, 4.69) is 5.32 Å². The number of benzene rings is 2. The van der Waals surface area contributed by atoms with Gasteiger partial charge in [0.1, 0.15) is 18.1 Å². The maximum absolute atomic E-state index is 12.3. The Morgan fingerprint density at radius 1 is 1.08 bits per heavy atom. The molecule has 0 fully saturated rings. The first kappa shape index (κ1) is 18.8. The van der Waals surface area contributed by atoms with Gasteiger partial charge in [0.2, 0.25) is 0 Å². The maximum atomic E-state index is 12.3. The molecule has 1 atom stereocenters. The van der Waals surface area contributed by atoms with Gasteiger partial charge in [0.05, 0.1) is 6.61 Å². The van der Waals surface area contributed by atoms with E-state index in [0.29, 0.717) is 31.3 Å². The normalized spacial score (nSPS) is 11.6. The minimum absolute atomic E-state index is 0.201. The molecule has 1 N–H and O–H groups in total. The highest BCUT2D eigenvalue weighted by Gasteiger charge is 2.15. The van der Waals surface area contributed by atoms with Gasteiger partial charge in [-0.05, 0) is 56.7 Å². The van der Waals surface area contributed by atoms with E-state index < -0.39 is 6.10 Å². The Kier molecular flexibility index (Phi) is 7.29. The zero-order valence-electron chi connectivity index (χ0n) is 15.0. The number of hydrogen-bond donors (Lipinski definition) is 1. The van der Waals surface area contributed by atoms with Gasteiger partial charge >= 0.3 is 0 Å². The lowest BCUT2D eigenvalue weighted by Gasteiger charge is -2.16. The van der Waals surface area contributed by atoms with Crippen LogP contribution in [0.4, 0.5) is 5.69 Å². The van der Waals surface area contributed by atoms with E-state index >= 15 is 0 Å². The van der Waals surface area contributed by atoms with Crippen LogP contribution in [0.25, 0.3) is 0 Å². The molecule has 0 aliphatic carbocycles. The molecule has 134 valence electrons. The second-order valence-electron chi connectivity index (χ2n) is 5.58. The summed E-state index contributed by atoms with van der Waals surface area (Å²) in [5.41, 5.74) is 1.69. The van der Waals surface area contributed by atoms with Crippen LogP contribution < -0.4 is 14.8 Å². The van der Waals surface area contributed by atoms with Gasteiger partial charge in [0.15, 0.2) is 6.10 Å². The highest BCUT2D eigenvalue weighted by atomic mass is 16.5. The van der Waals surface area contributed by atoms with Crippen LogP contribution in [0.2, 0.25) is 0 Å². The molecule has 2 rings (SSSR count). The number of carbonyl (C=O) groups is 1. The number of ether oxygens (including phenoxy) is 3. The van der Waals surface area contributed by atoms with Crippen LogP contribution in [-0.2, 0) is 9.53 Å². The minimum atomic E-state index is -0.594. The SMILES string of the molecule is CCOCCOc1ccc(NC(=O)C(C)Oc2ccccc2C)cc1. The first-order valence-corrected chi connectivity index (χ1v) is 8.44. The van der Waals surface area contributed by atoms with E-state index in [4.69, 9.17) is 14.2 Å². The van der Waals surface area contributed by atoms with Crippen molar-refractivity contribution in [2.24, 2.45) is 0 Å². The number of anilines is 1. The Balaban J connectivity index is 1.84. The predicted octanol–water partition coefficient (Wildman–Crippen LogP) is 3.82. The van der Waals surface area contributed by atoms with Crippen molar-refractivity contribution < 1.29 is 19.0 Å². The van der Waals surface area contributed by atoms with Crippen LogP contribution in [0.1, 0.15) is 19.4 Å². The molecule has 0 radical (unpaired) electrons. The summed E-state index contributed by atoms with van der Waals surface area (Å²) >= 11 is 0. The molecule has 0 aliphatic rings. The third-order valence-electron chi connectivity index (χ3n) is 3.59. The molecule has 1 amide bonds. The fraction of sp³-hybridized carbons (Fsp3) is 0.350. The zero-order chi connectivity index (χ0) is 18.1. The Hall–Kier alpha value is -2.53. The number of para-hydroxylation sites is 1. The van der Waals surface area contributed by atoms with Gasteiger partial charge in [-0.15, -0.1) is 0 Å². The monoisotopic (exact) mass is 343 g/mol. The number of amides is 1. The molecule has 0 bridgehead atoms. The van der Waals surface area contributed by atoms with Crippen LogP contribution in [-0.4, -0.2) is 31.8 Å². The number of nitrogens with one attached hydrogen (secondary N) is 1. The van der Waals surface area contributed by atoms with Gasteiger partial charge in [0, 0.05) is 12.3 Å². The summed E-state index contributed by atoms with van der Waals surface area (Å²) in [5, 5.41) is 2.84. The van der Waals surface area contributed by atoms with Gasteiger partial charge in [-0.1, -0.05) is 18.2 Å². The molecule has 25 heavy (non-hydrogen) atoms. The molecule has 0 heterocycles. The third-order valence-corrected chi connectivity index (χ3v) is 3.59. The van der Waals surface area contributed by atoms with Crippen LogP contribution in [0.3, 0.4) is 0 Å². The largest absolute Gasteiger partial charge is 0.491 e. The van der Waals surface area contributed by atoms with Crippen molar-refractivity contribution in [1.29, 1.82) is 0 Å². The van der Waals surface area contributed by atoms with E-state index in [1.54, 1.807) is 19.1 Å². The van der Waals surface area contributed by atoms with Crippen molar-refractivity contribution in [3.8, 4) is 11.5 Å². The highest BCUT2D eigenvalue weighted by molar-refractivity contribution is 5.94. The molecule has 2 aromatic rings. The molecular weight excluding hydrogens is 318 g/mol. The van der Waals surface area contributed by atoms with E-state index in [9.17, 15) is 4.79 Å². The number of aryl methyl sites for hydroxylation is 1. The quantitative estimate of drug-likeness (QED) is 0.703. The summed E-state index contributed by atoms with van der Waals surface area (Å²) in [6.45, 7) is 7.36. The van der Waals surface area contributed by atoms with E-state index in [-0.39, 0.29) is 5.91 Å². The summed E-state index contributed by atoms with van der Waals surface area (Å²) in [4.78, 5) is 12.3. The molecule has 2 aromatic carbocycles. The topological polar surface area (TPSA) is 56.8 Å². The Morgan fingerprint density at radius 3 is 2.48 bits per heavy atom.